The fourth-order valence-corrected chi connectivity index (χ4v) is 4.36. The Morgan fingerprint density at radius 1 is 0.839 bits per heavy atom. The molecule has 0 radical (unpaired) electrons. The summed E-state index contributed by atoms with van der Waals surface area (Å²) in [7, 11) is 0. The van der Waals surface area contributed by atoms with Crippen LogP contribution in [0.4, 0.5) is 0 Å². The first kappa shape index (κ1) is 18.2. The second-order valence-electron chi connectivity index (χ2n) is 8.50. The van der Waals surface area contributed by atoms with Gasteiger partial charge in [-0.25, -0.2) is 0 Å². The quantitative estimate of drug-likeness (QED) is 0.459. The number of benzene rings is 2. The van der Waals surface area contributed by atoms with E-state index in [9.17, 15) is 0 Å². The average molecular weight is 412 g/mol. The van der Waals surface area contributed by atoms with Crippen molar-refractivity contribution in [2.24, 2.45) is 0 Å². The number of ether oxygens (including phenoxy) is 2. The van der Waals surface area contributed by atoms with Crippen molar-refractivity contribution in [3.05, 3.63) is 59.2 Å². The predicted octanol–water partition coefficient (Wildman–Crippen LogP) is 5.60. The van der Waals surface area contributed by atoms with Gasteiger partial charge in [0.15, 0.2) is 0 Å². The first-order valence-corrected chi connectivity index (χ1v) is 10.8. The number of nitrogens with one attached hydrogen (secondary N) is 2. The molecule has 0 bridgehead atoms. The molecule has 0 unspecified atom stereocenters. The van der Waals surface area contributed by atoms with Crippen molar-refractivity contribution in [3.8, 4) is 45.4 Å². The second kappa shape index (κ2) is 6.74. The van der Waals surface area contributed by atoms with Crippen LogP contribution in [0.5, 0.6) is 11.8 Å². The summed E-state index contributed by atoms with van der Waals surface area (Å²) < 4.78 is 11.8. The van der Waals surface area contributed by atoms with Crippen LogP contribution in [0.15, 0.2) is 36.4 Å². The largest absolute Gasteiger partial charge is 0.471 e. The lowest BCUT2D eigenvalue weighted by atomic mass is 9.93. The van der Waals surface area contributed by atoms with Crippen molar-refractivity contribution >= 4 is 0 Å². The molecule has 6 nitrogen and oxygen atoms in total. The van der Waals surface area contributed by atoms with E-state index < -0.39 is 0 Å². The number of rotatable bonds is 3. The van der Waals surface area contributed by atoms with Crippen LogP contribution in [0.25, 0.3) is 33.6 Å². The molecule has 2 aliphatic rings. The molecule has 2 aliphatic heterocycles. The van der Waals surface area contributed by atoms with Gasteiger partial charge in [-0.2, -0.15) is 9.97 Å². The van der Waals surface area contributed by atoms with Crippen molar-refractivity contribution in [3.63, 3.8) is 0 Å². The van der Waals surface area contributed by atoms with Crippen LogP contribution in [0.2, 0.25) is 0 Å². The van der Waals surface area contributed by atoms with Gasteiger partial charge < -0.3 is 19.4 Å². The Hall–Kier alpha value is -3.54. The summed E-state index contributed by atoms with van der Waals surface area (Å²) in [5.41, 5.74) is 8.97. The van der Waals surface area contributed by atoms with Crippen LogP contribution in [0.3, 0.4) is 0 Å². The minimum Gasteiger partial charge on any atom is -0.471 e. The maximum absolute atomic E-state index is 5.94. The van der Waals surface area contributed by atoms with E-state index >= 15 is 0 Å². The topological polar surface area (TPSA) is 75.8 Å². The smallest absolute Gasteiger partial charge is 0.240 e. The Morgan fingerprint density at radius 3 is 2.00 bits per heavy atom. The van der Waals surface area contributed by atoms with Gasteiger partial charge in [0.1, 0.15) is 36.3 Å². The minimum absolute atomic E-state index is 0.332. The van der Waals surface area contributed by atoms with E-state index in [0.29, 0.717) is 30.9 Å². The van der Waals surface area contributed by atoms with Crippen molar-refractivity contribution in [2.75, 3.05) is 0 Å². The van der Waals surface area contributed by atoms with E-state index in [4.69, 9.17) is 9.47 Å². The van der Waals surface area contributed by atoms with Gasteiger partial charge in [-0.1, -0.05) is 45.0 Å². The molecule has 0 amide bonds. The number of fused-ring (bicyclic) bond motifs is 6. The maximum Gasteiger partial charge on any atom is 0.240 e. The molecule has 0 spiro atoms. The van der Waals surface area contributed by atoms with E-state index in [-0.39, 0.29) is 0 Å². The van der Waals surface area contributed by atoms with Crippen molar-refractivity contribution in [1.82, 2.24) is 19.9 Å². The number of aromatic amines is 2. The van der Waals surface area contributed by atoms with Gasteiger partial charge in [0, 0.05) is 23.5 Å². The lowest BCUT2D eigenvalue weighted by molar-refractivity contribution is 0.291. The second-order valence-corrected chi connectivity index (χ2v) is 8.50. The number of hydrogen-bond donors (Lipinski definition) is 2. The van der Waals surface area contributed by atoms with Gasteiger partial charge in [-0.3, -0.25) is 0 Å². The lowest BCUT2D eigenvalue weighted by Crippen LogP contribution is -2.06. The van der Waals surface area contributed by atoms with Crippen LogP contribution in [-0.4, -0.2) is 19.9 Å². The summed E-state index contributed by atoms with van der Waals surface area (Å²) in [4.78, 5) is 16.0. The molecule has 156 valence electrons. The van der Waals surface area contributed by atoms with Crippen molar-refractivity contribution in [1.29, 1.82) is 0 Å². The summed E-state index contributed by atoms with van der Waals surface area (Å²) in [5, 5.41) is 0. The Balaban J connectivity index is 1.37. The summed E-state index contributed by atoms with van der Waals surface area (Å²) in [6.07, 6.45) is 0.859. The zero-order valence-electron chi connectivity index (χ0n) is 17.9. The first-order valence-electron chi connectivity index (χ1n) is 10.8. The van der Waals surface area contributed by atoms with Crippen molar-refractivity contribution in [2.45, 2.75) is 46.3 Å². The SMILES string of the molecule is CCc1nc2c([nH]1)-c1ccc(-c3ccc4c(c3)COc3nc(C(C)C)[nH]c3-4)cc1CO2. The molecule has 2 aromatic carbocycles. The monoisotopic (exact) mass is 412 g/mol. The third-order valence-electron chi connectivity index (χ3n) is 6.10. The summed E-state index contributed by atoms with van der Waals surface area (Å²) in [6, 6.07) is 13.1. The predicted molar refractivity (Wildman–Crippen MR) is 119 cm³/mol. The summed E-state index contributed by atoms with van der Waals surface area (Å²) in [5.74, 6) is 3.66. The van der Waals surface area contributed by atoms with E-state index in [1.165, 1.54) is 33.4 Å². The van der Waals surface area contributed by atoms with Crippen LogP contribution < -0.4 is 9.47 Å². The standard InChI is InChI=1S/C25H24N4O2/c1-4-20-26-21-18-7-5-14(9-16(18)11-30-24(21)27-20)15-6-8-19-17(10-15)12-31-25-22(19)28-23(29-25)13(2)3/h5-10,13H,4,11-12H2,1-3H3,(H,26,27)(H,28,29). The zero-order valence-corrected chi connectivity index (χ0v) is 17.9. The molecule has 2 aromatic heterocycles. The summed E-state index contributed by atoms with van der Waals surface area (Å²) in [6.45, 7) is 7.41. The molecule has 0 atom stereocenters. The fourth-order valence-electron chi connectivity index (χ4n) is 4.36. The van der Waals surface area contributed by atoms with Crippen LogP contribution in [-0.2, 0) is 19.6 Å². The fraction of sp³-hybridized carbons (Fsp3) is 0.280. The Morgan fingerprint density at radius 2 is 1.42 bits per heavy atom. The van der Waals surface area contributed by atoms with Crippen LogP contribution in [0, 0.1) is 0 Å². The molecule has 6 heteroatoms. The normalized spacial score (nSPS) is 13.7. The number of imidazole rings is 2. The molecule has 4 aromatic rings. The third-order valence-corrected chi connectivity index (χ3v) is 6.10. The van der Waals surface area contributed by atoms with E-state index in [2.05, 4.69) is 77.1 Å². The number of aryl methyl sites for hydroxylation is 1. The zero-order chi connectivity index (χ0) is 21.1. The molecule has 6 rings (SSSR count). The molecule has 0 fully saturated rings. The van der Waals surface area contributed by atoms with Gasteiger partial charge in [0.05, 0.1) is 0 Å². The highest BCUT2D eigenvalue weighted by atomic mass is 16.5. The Kier molecular flexibility index (Phi) is 3.96. The highest BCUT2D eigenvalue weighted by Gasteiger charge is 2.24. The molecule has 0 saturated carbocycles. The van der Waals surface area contributed by atoms with E-state index in [0.717, 1.165) is 29.5 Å². The third kappa shape index (κ3) is 2.86. The Bertz CT molecular complexity index is 1320. The molecular weight excluding hydrogens is 388 g/mol. The van der Waals surface area contributed by atoms with Gasteiger partial charge in [-0.15, -0.1) is 0 Å². The number of hydrogen-bond acceptors (Lipinski definition) is 4. The van der Waals surface area contributed by atoms with E-state index in [1.54, 1.807) is 0 Å². The molecule has 4 heterocycles. The van der Waals surface area contributed by atoms with Gasteiger partial charge >= 0.3 is 0 Å². The van der Waals surface area contributed by atoms with Crippen LogP contribution in [0.1, 0.15) is 49.5 Å². The van der Waals surface area contributed by atoms with Crippen molar-refractivity contribution < 1.29 is 9.47 Å². The number of aromatic nitrogens is 4. The van der Waals surface area contributed by atoms with Crippen LogP contribution >= 0.6 is 0 Å². The molecule has 0 saturated heterocycles. The minimum atomic E-state index is 0.332. The maximum atomic E-state index is 5.94. The number of nitrogens with zero attached hydrogens (tertiary/aromatic N) is 2. The van der Waals surface area contributed by atoms with Gasteiger partial charge in [0.25, 0.3) is 0 Å². The molecular formula is C25H24N4O2. The lowest BCUT2D eigenvalue weighted by Gasteiger charge is -2.19. The summed E-state index contributed by atoms with van der Waals surface area (Å²) >= 11 is 0. The highest BCUT2D eigenvalue weighted by Crippen LogP contribution is 2.40. The number of H-pyrrole nitrogens is 2. The molecule has 2 N–H and O–H groups in total. The Labute approximate surface area is 180 Å². The highest BCUT2D eigenvalue weighted by molar-refractivity contribution is 5.78. The molecule has 31 heavy (non-hydrogen) atoms. The van der Waals surface area contributed by atoms with Gasteiger partial charge in [-0.05, 0) is 34.4 Å². The van der Waals surface area contributed by atoms with Gasteiger partial charge in [0.2, 0.25) is 11.8 Å². The average Bonchev–Trinajstić information content (AvgIpc) is 3.42. The van der Waals surface area contributed by atoms with E-state index in [1.807, 2.05) is 0 Å². The first-order chi connectivity index (χ1) is 15.1. The molecule has 0 aliphatic carbocycles.